The Morgan fingerprint density at radius 3 is 2.65 bits per heavy atom. The van der Waals surface area contributed by atoms with Gasteiger partial charge in [-0.15, -0.1) is 0 Å². The van der Waals surface area contributed by atoms with Gasteiger partial charge in [0, 0.05) is 19.1 Å². The molecule has 1 aliphatic rings. The quantitative estimate of drug-likeness (QED) is 0.907. The number of alkyl halides is 3. The Morgan fingerprint density at radius 2 is 2.09 bits per heavy atom. The number of rotatable bonds is 3. The molecule has 0 radical (unpaired) electrons. The van der Waals surface area contributed by atoms with Crippen molar-refractivity contribution in [3.05, 3.63) is 29.3 Å². The van der Waals surface area contributed by atoms with Crippen LogP contribution in [0, 0.1) is 11.3 Å². The molecule has 0 amide bonds. The molecular weight excluding hydrogens is 331 g/mol. The van der Waals surface area contributed by atoms with E-state index in [1.807, 2.05) is 0 Å². The zero-order valence-corrected chi connectivity index (χ0v) is 13.2. The summed E-state index contributed by atoms with van der Waals surface area (Å²) in [5.41, 5.74) is -1.83. The molecule has 1 unspecified atom stereocenters. The van der Waals surface area contributed by atoms with Crippen molar-refractivity contribution in [2.45, 2.75) is 30.0 Å². The largest absolute Gasteiger partial charge is 0.417 e. The van der Waals surface area contributed by atoms with Crippen LogP contribution in [0.5, 0.6) is 0 Å². The first-order valence-corrected chi connectivity index (χ1v) is 8.43. The highest BCUT2D eigenvalue weighted by atomic mass is 32.2. The minimum atomic E-state index is -4.70. The number of nitrogens with zero attached hydrogens (tertiary/aromatic N) is 2. The zero-order valence-electron chi connectivity index (χ0n) is 12.4. The topological polar surface area (TPSA) is 73.2 Å². The molecule has 0 aromatic heterocycles. The summed E-state index contributed by atoms with van der Waals surface area (Å²) in [6.07, 6.45) is -3.20. The average Bonchev–Trinajstić information content (AvgIpc) is 2.53. The Morgan fingerprint density at radius 1 is 1.39 bits per heavy atom. The number of hydrogen-bond acceptors (Lipinski definition) is 4. The van der Waals surface area contributed by atoms with E-state index in [0.29, 0.717) is 19.0 Å². The third kappa shape index (κ3) is 3.65. The molecule has 1 fully saturated rings. The minimum Gasteiger partial charge on any atom is -0.316 e. The molecule has 0 aliphatic carbocycles. The second-order valence-corrected chi connectivity index (χ2v) is 7.25. The Balaban J connectivity index is 2.39. The molecule has 1 aliphatic heterocycles. The summed E-state index contributed by atoms with van der Waals surface area (Å²) in [5, 5.41) is 11.9. The first-order valence-electron chi connectivity index (χ1n) is 6.99. The van der Waals surface area contributed by atoms with Gasteiger partial charge in [0.2, 0.25) is 10.0 Å². The first-order chi connectivity index (χ1) is 10.7. The summed E-state index contributed by atoms with van der Waals surface area (Å²) < 4.78 is 64.8. The van der Waals surface area contributed by atoms with Gasteiger partial charge in [-0.05, 0) is 38.1 Å². The Hall–Kier alpha value is -1.63. The highest BCUT2D eigenvalue weighted by Gasteiger charge is 2.35. The van der Waals surface area contributed by atoms with E-state index in [2.05, 4.69) is 5.32 Å². The lowest BCUT2D eigenvalue weighted by molar-refractivity contribution is -0.137. The number of benzene rings is 1. The molecule has 5 nitrogen and oxygen atoms in total. The van der Waals surface area contributed by atoms with Gasteiger partial charge >= 0.3 is 6.18 Å². The van der Waals surface area contributed by atoms with E-state index in [1.54, 1.807) is 7.05 Å². The predicted molar refractivity (Wildman–Crippen MR) is 77.0 cm³/mol. The Kier molecular flexibility index (Phi) is 4.98. The van der Waals surface area contributed by atoms with Crippen LogP contribution in [0.15, 0.2) is 23.1 Å². The first kappa shape index (κ1) is 17.7. The summed E-state index contributed by atoms with van der Waals surface area (Å²) >= 11 is 0. The second kappa shape index (κ2) is 6.47. The van der Waals surface area contributed by atoms with Crippen LogP contribution in [0.25, 0.3) is 0 Å². The highest BCUT2D eigenvalue weighted by Crippen LogP contribution is 2.33. The van der Waals surface area contributed by atoms with Crippen LogP contribution in [0.2, 0.25) is 0 Å². The Labute approximate surface area is 132 Å². The number of halogens is 3. The van der Waals surface area contributed by atoms with Crippen LogP contribution < -0.4 is 5.32 Å². The molecule has 1 heterocycles. The standard InChI is InChI=1S/C14H16F3N3O2S/c1-19-11-3-2-6-20(9-11)23(21,22)12-4-5-13(14(15,16)17)10(7-12)8-18/h4-5,7,11,19H,2-3,6,9H2,1H3. The van der Waals surface area contributed by atoms with E-state index in [-0.39, 0.29) is 17.5 Å². The van der Waals surface area contributed by atoms with Crippen molar-refractivity contribution in [1.29, 1.82) is 5.26 Å². The molecule has 1 saturated heterocycles. The minimum absolute atomic E-state index is 0.00316. The van der Waals surface area contributed by atoms with E-state index < -0.39 is 27.3 Å². The smallest absolute Gasteiger partial charge is 0.316 e. The molecule has 2 rings (SSSR count). The lowest BCUT2D eigenvalue weighted by Crippen LogP contribution is -2.46. The molecule has 1 atom stereocenters. The van der Waals surface area contributed by atoms with Crippen molar-refractivity contribution >= 4 is 10.0 Å². The number of nitrogens with one attached hydrogen (secondary N) is 1. The lowest BCUT2D eigenvalue weighted by Gasteiger charge is -2.31. The highest BCUT2D eigenvalue weighted by molar-refractivity contribution is 7.89. The van der Waals surface area contributed by atoms with Crippen LogP contribution in [0.4, 0.5) is 13.2 Å². The summed E-state index contributed by atoms with van der Waals surface area (Å²) in [4.78, 5) is -0.293. The van der Waals surface area contributed by atoms with Crippen LogP contribution in [0.1, 0.15) is 24.0 Å². The molecule has 1 N–H and O–H groups in total. The van der Waals surface area contributed by atoms with E-state index in [4.69, 9.17) is 5.26 Å². The summed E-state index contributed by atoms with van der Waals surface area (Å²) in [5.74, 6) is 0. The third-order valence-electron chi connectivity index (χ3n) is 3.85. The fourth-order valence-electron chi connectivity index (χ4n) is 2.57. The molecule has 0 saturated carbocycles. The van der Waals surface area contributed by atoms with Gasteiger partial charge in [0.15, 0.2) is 0 Å². The average molecular weight is 347 g/mol. The van der Waals surface area contributed by atoms with Gasteiger partial charge < -0.3 is 5.32 Å². The molecular formula is C14H16F3N3O2S. The van der Waals surface area contributed by atoms with Crippen molar-refractivity contribution in [3.63, 3.8) is 0 Å². The molecule has 126 valence electrons. The molecule has 1 aromatic rings. The van der Waals surface area contributed by atoms with Crippen molar-refractivity contribution < 1.29 is 21.6 Å². The van der Waals surface area contributed by atoms with Crippen LogP contribution >= 0.6 is 0 Å². The van der Waals surface area contributed by atoms with Crippen LogP contribution in [-0.4, -0.2) is 38.9 Å². The van der Waals surface area contributed by atoms with Crippen molar-refractivity contribution in [3.8, 4) is 6.07 Å². The molecule has 9 heteroatoms. The molecule has 0 bridgehead atoms. The van der Waals surface area contributed by atoms with Gasteiger partial charge in [0.1, 0.15) is 0 Å². The van der Waals surface area contributed by atoms with Gasteiger partial charge in [-0.2, -0.15) is 22.7 Å². The fraction of sp³-hybridized carbons (Fsp3) is 0.500. The van der Waals surface area contributed by atoms with Crippen LogP contribution in [-0.2, 0) is 16.2 Å². The van der Waals surface area contributed by atoms with Crippen molar-refractivity contribution in [2.75, 3.05) is 20.1 Å². The van der Waals surface area contributed by atoms with Gasteiger partial charge in [0.25, 0.3) is 0 Å². The summed E-state index contributed by atoms with van der Waals surface area (Å²) in [6, 6.07) is 3.77. The fourth-order valence-corrected chi connectivity index (χ4v) is 4.12. The number of piperidine rings is 1. The number of sulfonamides is 1. The molecule has 23 heavy (non-hydrogen) atoms. The van der Waals surface area contributed by atoms with Crippen molar-refractivity contribution in [1.82, 2.24) is 9.62 Å². The maximum Gasteiger partial charge on any atom is 0.417 e. The zero-order chi connectivity index (χ0) is 17.3. The number of likely N-dealkylation sites (N-methyl/N-ethyl adjacent to an activating group) is 1. The number of hydrogen-bond donors (Lipinski definition) is 1. The van der Waals surface area contributed by atoms with E-state index in [9.17, 15) is 21.6 Å². The summed E-state index contributed by atoms with van der Waals surface area (Å²) in [6.45, 7) is 0.561. The van der Waals surface area contributed by atoms with E-state index in [0.717, 1.165) is 18.6 Å². The molecule has 0 spiro atoms. The predicted octanol–water partition coefficient (Wildman–Crippen LogP) is 1.95. The number of nitriles is 1. The maximum atomic E-state index is 12.8. The molecule has 1 aromatic carbocycles. The van der Waals surface area contributed by atoms with Gasteiger partial charge in [0.05, 0.1) is 22.1 Å². The van der Waals surface area contributed by atoms with E-state index >= 15 is 0 Å². The lowest BCUT2D eigenvalue weighted by atomic mass is 10.1. The van der Waals surface area contributed by atoms with Gasteiger partial charge in [-0.1, -0.05) is 0 Å². The maximum absolute atomic E-state index is 12.8. The normalized spacial score (nSPS) is 20.2. The van der Waals surface area contributed by atoms with E-state index in [1.165, 1.54) is 10.4 Å². The van der Waals surface area contributed by atoms with Crippen molar-refractivity contribution in [2.24, 2.45) is 0 Å². The SMILES string of the molecule is CNC1CCCN(S(=O)(=O)c2ccc(C(F)(F)F)c(C#N)c2)C1. The summed E-state index contributed by atoms with van der Waals surface area (Å²) in [7, 11) is -2.20. The third-order valence-corrected chi connectivity index (χ3v) is 5.71. The van der Waals surface area contributed by atoms with Gasteiger partial charge in [-0.25, -0.2) is 8.42 Å². The monoisotopic (exact) mass is 347 g/mol. The van der Waals surface area contributed by atoms with Gasteiger partial charge in [-0.3, -0.25) is 0 Å². The van der Waals surface area contributed by atoms with Crippen LogP contribution in [0.3, 0.4) is 0 Å². The Bertz CT molecular complexity index is 726. The second-order valence-electron chi connectivity index (χ2n) is 5.31.